The maximum absolute atomic E-state index is 11.0. The summed E-state index contributed by atoms with van der Waals surface area (Å²) in [4.78, 5) is 14.1. The van der Waals surface area contributed by atoms with Gasteiger partial charge in [-0.1, -0.05) is 13.8 Å². The Morgan fingerprint density at radius 1 is 1.42 bits per heavy atom. The smallest absolute Gasteiger partial charge is 0.328 e. The number of rotatable bonds is 4. The number of ether oxygens (including phenoxy) is 1. The van der Waals surface area contributed by atoms with E-state index in [2.05, 4.69) is 4.98 Å². The largest absolute Gasteiger partial charge is 0.497 e. The van der Waals surface area contributed by atoms with Crippen LogP contribution in [0.1, 0.15) is 19.4 Å². The van der Waals surface area contributed by atoms with Crippen molar-refractivity contribution < 1.29 is 14.6 Å². The predicted octanol–water partition coefficient (Wildman–Crippen LogP) is 3.30. The topological polar surface area (TPSA) is 62.3 Å². The normalized spacial score (nSPS) is 12.1. The second-order valence-corrected chi connectivity index (χ2v) is 4.71. The van der Waals surface area contributed by atoms with Crippen LogP contribution in [-0.2, 0) is 4.79 Å². The highest BCUT2D eigenvalue weighted by Crippen LogP contribution is 2.31. The number of methoxy groups -OCH3 is 1. The van der Waals surface area contributed by atoms with Crippen LogP contribution in [0.25, 0.3) is 16.5 Å². The quantitative estimate of drug-likeness (QED) is 0.828. The number of aliphatic carboxylic acids is 1. The van der Waals surface area contributed by atoms with E-state index in [1.807, 2.05) is 38.2 Å². The van der Waals surface area contributed by atoms with E-state index in [-0.39, 0.29) is 5.92 Å². The predicted molar refractivity (Wildman–Crippen MR) is 75.3 cm³/mol. The molecule has 2 N–H and O–H groups in total. The Bertz CT molecular complexity index is 638. The molecule has 0 saturated heterocycles. The van der Waals surface area contributed by atoms with Gasteiger partial charge in [0.15, 0.2) is 0 Å². The molecule has 1 aromatic heterocycles. The van der Waals surface area contributed by atoms with Crippen molar-refractivity contribution in [3.63, 3.8) is 0 Å². The lowest BCUT2D eigenvalue weighted by atomic mass is 9.94. The molecular formula is C15H17NO3. The second-order valence-electron chi connectivity index (χ2n) is 4.71. The van der Waals surface area contributed by atoms with Crippen molar-refractivity contribution >= 4 is 22.4 Å². The first kappa shape index (κ1) is 13.2. The van der Waals surface area contributed by atoms with Crippen LogP contribution in [0.5, 0.6) is 5.75 Å². The Labute approximate surface area is 111 Å². The number of aromatic nitrogens is 1. The summed E-state index contributed by atoms with van der Waals surface area (Å²) in [7, 11) is 1.62. The third kappa shape index (κ3) is 2.62. The van der Waals surface area contributed by atoms with Crippen LogP contribution in [0.2, 0.25) is 0 Å². The molecular weight excluding hydrogens is 242 g/mol. The van der Waals surface area contributed by atoms with E-state index in [0.29, 0.717) is 0 Å². The van der Waals surface area contributed by atoms with Gasteiger partial charge in [0.05, 0.1) is 7.11 Å². The Morgan fingerprint density at radius 3 is 2.74 bits per heavy atom. The molecule has 19 heavy (non-hydrogen) atoms. The average Bonchev–Trinajstić information content (AvgIpc) is 2.77. The van der Waals surface area contributed by atoms with E-state index in [4.69, 9.17) is 9.84 Å². The third-order valence-corrected chi connectivity index (χ3v) is 3.10. The number of allylic oxidation sites excluding steroid dienone is 1. The Hall–Kier alpha value is -2.23. The van der Waals surface area contributed by atoms with Gasteiger partial charge >= 0.3 is 5.97 Å². The monoisotopic (exact) mass is 259 g/mol. The van der Waals surface area contributed by atoms with Crippen molar-refractivity contribution in [1.29, 1.82) is 0 Å². The minimum Gasteiger partial charge on any atom is -0.497 e. The van der Waals surface area contributed by atoms with Gasteiger partial charge in [0.2, 0.25) is 0 Å². The lowest BCUT2D eigenvalue weighted by Crippen LogP contribution is -1.98. The molecule has 0 saturated carbocycles. The molecule has 0 aliphatic heterocycles. The van der Waals surface area contributed by atoms with Crippen molar-refractivity contribution in [1.82, 2.24) is 4.98 Å². The highest BCUT2D eigenvalue weighted by molar-refractivity contribution is 5.99. The first-order valence-electron chi connectivity index (χ1n) is 6.13. The fraction of sp³-hybridized carbons (Fsp3) is 0.267. The van der Waals surface area contributed by atoms with Crippen LogP contribution in [-0.4, -0.2) is 23.2 Å². The summed E-state index contributed by atoms with van der Waals surface area (Å²) < 4.78 is 5.22. The fourth-order valence-electron chi connectivity index (χ4n) is 2.15. The summed E-state index contributed by atoms with van der Waals surface area (Å²) in [5.74, 6) is -0.0472. The number of nitrogens with one attached hydrogen (secondary N) is 1. The van der Waals surface area contributed by atoms with Gasteiger partial charge in [-0.25, -0.2) is 4.79 Å². The van der Waals surface area contributed by atoms with Gasteiger partial charge in [0.25, 0.3) is 0 Å². The van der Waals surface area contributed by atoms with E-state index in [9.17, 15) is 4.79 Å². The Kier molecular flexibility index (Phi) is 3.60. The van der Waals surface area contributed by atoms with Crippen molar-refractivity contribution in [3.05, 3.63) is 36.0 Å². The van der Waals surface area contributed by atoms with Gasteiger partial charge < -0.3 is 14.8 Å². The molecule has 1 aromatic carbocycles. The van der Waals surface area contributed by atoms with Gasteiger partial charge in [0.1, 0.15) is 5.75 Å². The van der Waals surface area contributed by atoms with E-state index in [0.717, 1.165) is 27.8 Å². The van der Waals surface area contributed by atoms with Crippen molar-refractivity contribution in [2.75, 3.05) is 7.11 Å². The number of carboxylic acid groups (broad SMARTS) is 1. The lowest BCUT2D eigenvalue weighted by Gasteiger charge is -2.10. The van der Waals surface area contributed by atoms with Crippen molar-refractivity contribution in [3.8, 4) is 5.75 Å². The van der Waals surface area contributed by atoms with E-state index >= 15 is 0 Å². The highest BCUT2D eigenvalue weighted by Gasteiger charge is 2.14. The molecule has 0 bridgehead atoms. The maximum Gasteiger partial charge on any atom is 0.328 e. The third-order valence-electron chi connectivity index (χ3n) is 3.10. The minimum atomic E-state index is -0.930. The summed E-state index contributed by atoms with van der Waals surface area (Å²) in [6.07, 6.45) is 3.12. The number of fused-ring (bicyclic) bond motifs is 1. The maximum atomic E-state index is 11.0. The molecule has 0 aliphatic rings. The van der Waals surface area contributed by atoms with Crippen LogP contribution in [0.3, 0.4) is 0 Å². The first-order chi connectivity index (χ1) is 9.02. The van der Waals surface area contributed by atoms with Crippen molar-refractivity contribution in [2.24, 2.45) is 5.92 Å². The molecule has 0 spiro atoms. The van der Waals surface area contributed by atoms with E-state index < -0.39 is 5.97 Å². The summed E-state index contributed by atoms with van der Waals surface area (Å²) in [6, 6.07) is 5.72. The molecule has 0 atom stereocenters. The van der Waals surface area contributed by atoms with Crippen LogP contribution in [0.15, 0.2) is 30.5 Å². The second kappa shape index (κ2) is 5.18. The van der Waals surface area contributed by atoms with E-state index in [1.54, 1.807) is 7.11 Å². The zero-order valence-electron chi connectivity index (χ0n) is 11.2. The molecule has 0 aliphatic carbocycles. The number of hydrogen-bond donors (Lipinski definition) is 2. The van der Waals surface area contributed by atoms with Gasteiger partial charge in [-0.05, 0) is 29.7 Å². The molecule has 4 nitrogen and oxygen atoms in total. The highest BCUT2D eigenvalue weighted by atomic mass is 16.5. The van der Waals surface area contributed by atoms with Crippen molar-refractivity contribution in [2.45, 2.75) is 13.8 Å². The average molecular weight is 259 g/mol. The fourth-order valence-corrected chi connectivity index (χ4v) is 2.15. The summed E-state index contributed by atoms with van der Waals surface area (Å²) in [5, 5.41) is 9.97. The zero-order valence-corrected chi connectivity index (χ0v) is 11.2. The number of carbonyl (C=O) groups is 1. The molecule has 2 rings (SSSR count). The van der Waals surface area contributed by atoms with Crippen LogP contribution < -0.4 is 4.74 Å². The number of aromatic amines is 1. The van der Waals surface area contributed by atoms with Crippen LogP contribution in [0.4, 0.5) is 0 Å². The standard InChI is InChI=1S/C15H17NO3/c1-9(2)11(7-15(17)18)13-8-16-14-5-4-10(19-3)6-12(13)14/h4-9,16H,1-3H3,(H,17,18)/b11-7+. The summed E-state index contributed by atoms with van der Waals surface area (Å²) in [6.45, 7) is 3.96. The summed E-state index contributed by atoms with van der Waals surface area (Å²) in [5.41, 5.74) is 2.67. The molecule has 0 unspecified atom stereocenters. The number of hydrogen-bond acceptors (Lipinski definition) is 2. The molecule has 2 aromatic rings. The van der Waals surface area contributed by atoms with E-state index in [1.165, 1.54) is 6.08 Å². The molecule has 0 radical (unpaired) electrons. The van der Waals surface area contributed by atoms with Gasteiger partial charge in [0, 0.05) is 28.7 Å². The van der Waals surface area contributed by atoms with Gasteiger partial charge in [-0.2, -0.15) is 0 Å². The molecule has 1 heterocycles. The minimum absolute atomic E-state index is 0.126. The van der Waals surface area contributed by atoms with Gasteiger partial charge in [-0.15, -0.1) is 0 Å². The number of H-pyrrole nitrogens is 1. The molecule has 0 fully saturated rings. The Morgan fingerprint density at radius 2 is 2.16 bits per heavy atom. The number of benzene rings is 1. The number of carboxylic acids is 1. The first-order valence-corrected chi connectivity index (χ1v) is 6.13. The van der Waals surface area contributed by atoms with Crippen LogP contribution >= 0.6 is 0 Å². The SMILES string of the molecule is COc1ccc2[nH]cc(/C(=C/C(=O)O)C(C)C)c2c1. The van der Waals surface area contributed by atoms with Gasteiger partial charge in [-0.3, -0.25) is 0 Å². The lowest BCUT2D eigenvalue weighted by molar-refractivity contribution is -0.131. The molecule has 0 amide bonds. The summed E-state index contributed by atoms with van der Waals surface area (Å²) >= 11 is 0. The van der Waals surface area contributed by atoms with Crippen LogP contribution in [0, 0.1) is 5.92 Å². The Balaban J connectivity index is 2.63. The molecule has 4 heteroatoms. The zero-order chi connectivity index (χ0) is 14.0. The molecule has 100 valence electrons.